The lowest BCUT2D eigenvalue weighted by molar-refractivity contribution is -0.00473. The molecule has 7 heteroatoms. The van der Waals surface area contributed by atoms with Gasteiger partial charge in [0.25, 0.3) is 0 Å². The van der Waals surface area contributed by atoms with Crippen molar-refractivity contribution in [2.45, 2.75) is 38.9 Å². The zero-order valence-electron chi connectivity index (χ0n) is 13.4. The first-order valence-corrected chi connectivity index (χ1v) is 8.79. The monoisotopic (exact) mass is 327 g/mol. The normalized spacial score (nSPS) is 21.5. The Morgan fingerprint density at radius 3 is 3.09 bits per heavy atom. The first kappa shape index (κ1) is 17.3. The molecular formula is C15H25N3O3S. The first-order valence-electron chi connectivity index (χ1n) is 7.74. The van der Waals surface area contributed by atoms with Crippen molar-refractivity contribution in [3.05, 3.63) is 22.7 Å². The Bertz CT molecular complexity index is 521. The minimum Gasteiger partial charge on any atom is -0.378 e. The lowest BCUT2D eigenvalue weighted by Gasteiger charge is -2.15. The lowest BCUT2D eigenvalue weighted by Crippen LogP contribution is -2.30. The van der Waals surface area contributed by atoms with Gasteiger partial charge in [-0.1, -0.05) is 13.8 Å². The lowest BCUT2D eigenvalue weighted by atomic mass is 10.2. The summed E-state index contributed by atoms with van der Waals surface area (Å²) in [4.78, 5) is 16.0. The number of aromatic nitrogens is 2. The number of hydrogen-bond acceptors (Lipinski definition) is 6. The molecule has 0 unspecified atom stereocenters. The number of nitrogens with one attached hydrogen (secondary N) is 1. The first-order chi connectivity index (χ1) is 10.6. The van der Waals surface area contributed by atoms with Gasteiger partial charge >= 0.3 is 5.69 Å². The third kappa shape index (κ3) is 5.30. The van der Waals surface area contributed by atoms with Gasteiger partial charge in [0.2, 0.25) is 0 Å². The summed E-state index contributed by atoms with van der Waals surface area (Å²) in [5, 5.41) is 3.03. The molecule has 1 saturated heterocycles. The van der Waals surface area contributed by atoms with Gasteiger partial charge in [-0.15, -0.1) is 11.8 Å². The highest BCUT2D eigenvalue weighted by Gasteiger charge is 2.26. The third-order valence-electron chi connectivity index (χ3n) is 3.15. The Hall–Kier alpha value is -1.05. The van der Waals surface area contributed by atoms with Gasteiger partial charge in [-0.05, 0) is 18.9 Å². The van der Waals surface area contributed by atoms with Crippen LogP contribution in [0, 0.1) is 5.92 Å². The van der Waals surface area contributed by atoms with Crippen molar-refractivity contribution in [3.63, 3.8) is 0 Å². The average Bonchev–Trinajstić information content (AvgIpc) is 2.89. The minimum absolute atomic E-state index is 0.0298. The molecule has 2 heterocycles. The summed E-state index contributed by atoms with van der Waals surface area (Å²) in [5.41, 5.74) is -0.181. The molecule has 22 heavy (non-hydrogen) atoms. The molecular weight excluding hydrogens is 302 g/mol. The molecule has 0 amide bonds. The minimum atomic E-state index is -0.244. The van der Waals surface area contributed by atoms with Gasteiger partial charge in [0.05, 0.1) is 19.3 Å². The van der Waals surface area contributed by atoms with Gasteiger partial charge in [0.1, 0.15) is 11.3 Å². The van der Waals surface area contributed by atoms with Crippen LogP contribution in [0.25, 0.3) is 0 Å². The second kappa shape index (κ2) is 8.55. The zero-order chi connectivity index (χ0) is 15.9. The highest BCUT2D eigenvalue weighted by atomic mass is 32.2. The number of hydrogen-bond donors (Lipinski definition) is 1. The molecule has 2 rings (SSSR count). The van der Waals surface area contributed by atoms with Crippen LogP contribution in [0.1, 0.15) is 20.8 Å². The van der Waals surface area contributed by atoms with Crippen molar-refractivity contribution in [2.24, 2.45) is 5.92 Å². The second-order valence-corrected chi connectivity index (χ2v) is 6.92. The van der Waals surface area contributed by atoms with E-state index in [1.54, 1.807) is 22.5 Å². The van der Waals surface area contributed by atoms with Gasteiger partial charge < -0.3 is 14.8 Å². The standard InChI is InChI=1S/C15H25N3O3S/c1-4-16-13-5-6-18(15(19)17-13)7-12-10-22-14(21-12)9-20-8-11(2)3/h5-6,11-12,14H,4,7-10H2,1-3H3,(H,16,17,19)/t12-,14-/m1/s1. The second-order valence-electron chi connectivity index (χ2n) is 5.73. The maximum Gasteiger partial charge on any atom is 0.349 e. The molecule has 0 aliphatic carbocycles. The quantitative estimate of drug-likeness (QED) is 0.785. The van der Waals surface area contributed by atoms with E-state index in [1.807, 2.05) is 13.0 Å². The molecule has 0 bridgehead atoms. The summed E-state index contributed by atoms with van der Waals surface area (Å²) >= 11 is 1.74. The molecule has 1 aromatic heterocycles. The van der Waals surface area contributed by atoms with Crippen LogP contribution in [0.2, 0.25) is 0 Å². The highest BCUT2D eigenvalue weighted by molar-refractivity contribution is 8.00. The van der Waals surface area contributed by atoms with Crippen molar-refractivity contribution in [3.8, 4) is 0 Å². The van der Waals surface area contributed by atoms with Crippen molar-refractivity contribution in [1.82, 2.24) is 9.55 Å². The van der Waals surface area contributed by atoms with Crippen molar-refractivity contribution in [2.75, 3.05) is 30.8 Å². The van der Waals surface area contributed by atoms with Crippen LogP contribution >= 0.6 is 11.8 Å². The van der Waals surface area contributed by atoms with E-state index in [9.17, 15) is 4.79 Å². The molecule has 1 aliphatic rings. The van der Waals surface area contributed by atoms with Crippen molar-refractivity contribution < 1.29 is 9.47 Å². The van der Waals surface area contributed by atoms with Gasteiger partial charge in [0.15, 0.2) is 0 Å². The van der Waals surface area contributed by atoms with E-state index in [1.165, 1.54) is 0 Å². The fourth-order valence-electron chi connectivity index (χ4n) is 2.16. The Morgan fingerprint density at radius 1 is 1.59 bits per heavy atom. The van der Waals surface area contributed by atoms with Gasteiger partial charge in [0, 0.05) is 25.1 Å². The van der Waals surface area contributed by atoms with Crippen LogP contribution in [-0.2, 0) is 16.0 Å². The van der Waals surface area contributed by atoms with Gasteiger partial charge in [-0.2, -0.15) is 4.98 Å². The smallest absolute Gasteiger partial charge is 0.349 e. The molecule has 1 aliphatic heterocycles. The van der Waals surface area contributed by atoms with E-state index in [0.29, 0.717) is 24.9 Å². The van der Waals surface area contributed by atoms with Crippen LogP contribution in [-0.4, -0.2) is 46.6 Å². The fraction of sp³-hybridized carbons (Fsp3) is 0.733. The van der Waals surface area contributed by atoms with Crippen LogP contribution in [0.15, 0.2) is 17.1 Å². The molecule has 6 nitrogen and oxygen atoms in total. The van der Waals surface area contributed by atoms with E-state index < -0.39 is 0 Å². The Morgan fingerprint density at radius 2 is 2.41 bits per heavy atom. The molecule has 0 spiro atoms. The summed E-state index contributed by atoms with van der Waals surface area (Å²) in [6.07, 6.45) is 1.80. The third-order valence-corrected chi connectivity index (χ3v) is 4.33. The number of nitrogens with zero attached hydrogens (tertiary/aromatic N) is 2. The average molecular weight is 327 g/mol. The molecule has 0 radical (unpaired) electrons. The maximum atomic E-state index is 12.0. The molecule has 0 aromatic carbocycles. The van der Waals surface area contributed by atoms with Crippen LogP contribution in [0.4, 0.5) is 5.82 Å². The summed E-state index contributed by atoms with van der Waals surface area (Å²) in [6, 6.07) is 1.82. The van der Waals surface area contributed by atoms with E-state index in [-0.39, 0.29) is 17.2 Å². The molecule has 124 valence electrons. The van der Waals surface area contributed by atoms with E-state index in [0.717, 1.165) is 18.9 Å². The molecule has 2 atom stereocenters. The number of ether oxygens (including phenoxy) is 2. The summed E-state index contributed by atoms with van der Waals surface area (Å²) in [6.45, 7) is 8.86. The molecule has 1 N–H and O–H groups in total. The van der Waals surface area contributed by atoms with Crippen molar-refractivity contribution >= 4 is 17.6 Å². The predicted molar refractivity (Wildman–Crippen MR) is 89.4 cm³/mol. The van der Waals surface area contributed by atoms with Crippen LogP contribution < -0.4 is 11.0 Å². The van der Waals surface area contributed by atoms with Crippen molar-refractivity contribution in [1.29, 1.82) is 0 Å². The van der Waals surface area contributed by atoms with Gasteiger partial charge in [-0.3, -0.25) is 4.57 Å². The topological polar surface area (TPSA) is 65.4 Å². The molecule has 1 aromatic rings. The number of anilines is 1. The summed E-state index contributed by atoms with van der Waals surface area (Å²) < 4.78 is 13.1. The van der Waals surface area contributed by atoms with E-state index in [2.05, 4.69) is 24.1 Å². The molecule has 1 fully saturated rings. The highest BCUT2D eigenvalue weighted by Crippen LogP contribution is 2.26. The summed E-state index contributed by atoms with van der Waals surface area (Å²) in [7, 11) is 0. The largest absolute Gasteiger partial charge is 0.378 e. The Kier molecular flexibility index (Phi) is 6.72. The van der Waals surface area contributed by atoms with Gasteiger partial charge in [-0.25, -0.2) is 4.79 Å². The van der Waals surface area contributed by atoms with E-state index in [4.69, 9.17) is 9.47 Å². The van der Waals surface area contributed by atoms with Crippen LogP contribution in [0.3, 0.4) is 0 Å². The Labute approximate surface area is 135 Å². The number of rotatable bonds is 8. The number of thioether (sulfide) groups is 1. The predicted octanol–water partition coefficient (Wildman–Crippen LogP) is 1.81. The summed E-state index contributed by atoms with van der Waals surface area (Å²) in [5.74, 6) is 2.02. The van der Waals surface area contributed by atoms with E-state index >= 15 is 0 Å². The zero-order valence-corrected chi connectivity index (χ0v) is 14.3. The maximum absolute atomic E-state index is 12.0. The van der Waals surface area contributed by atoms with Crippen LogP contribution in [0.5, 0.6) is 0 Å². The SMILES string of the molecule is CCNc1ccn(C[C@@H]2CS[C@H](COCC(C)C)O2)c(=O)n1. The Balaban J connectivity index is 1.81. The molecule has 0 saturated carbocycles. The fourth-order valence-corrected chi connectivity index (χ4v) is 3.20.